The van der Waals surface area contributed by atoms with Gasteiger partial charge in [-0.2, -0.15) is 0 Å². The van der Waals surface area contributed by atoms with Gasteiger partial charge in [-0.3, -0.25) is 4.79 Å². The lowest BCUT2D eigenvalue weighted by molar-refractivity contribution is -0.121. The average molecular weight is 431 g/mol. The maximum atomic E-state index is 12.8. The third-order valence-corrected chi connectivity index (χ3v) is 7.16. The highest BCUT2D eigenvalue weighted by atomic mass is 35.5. The number of nitrogens with one attached hydrogen (secondary N) is 1. The van der Waals surface area contributed by atoms with Crippen LogP contribution in [-0.2, 0) is 4.79 Å². The molecule has 0 aliphatic carbocycles. The van der Waals surface area contributed by atoms with E-state index in [1.54, 1.807) is 11.8 Å². The van der Waals surface area contributed by atoms with Crippen LogP contribution >= 0.6 is 23.4 Å². The Labute approximate surface area is 184 Å². The zero-order valence-electron chi connectivity index (χ0n) is 17.5. The van der Waals surface area contributed by atoms with Gasteiger partial charge in [0, 0.05) is 28.7 Å². The molecule has 0 unspecified atom stereocenters. The van der Waals surface area contributed by atoms with Gasteiger partial charge in [-0.05, 0) is 74.1 Å². The van der Waals surface area contributed by atoms with E-state index in [-0.39, 0.29) is 17.2 Å². The molecule has 3 rings (SSSR count). The fourth-order valence-electron chi connectivity index (χ4n) is 3.79. The molecule has 1 N–H and O–H groups in total. The van der Waals surface area contributed by atoms with Crippen molar-refractivity contribution in [1.82, 2.24) is 5.32 Å². The van der Waals surface area contributed by atoms with E-state index < -0.39 is 0 Å². The van der Waals surface area contributed by atoms with Crippen LogP contribution in [0.3, 0.4) is 0 Å². The van der Waals surface area contributed by atoms with Gasteiger partial charge in [0.25, 0.3) is 0 Å². The number of nitrogens with zero attached hydrogens (tertiary/aromatic N) is 1. The molecule has 1 fully saturated rings. The summed E-state index contributed by atoms with van der Waals surface area (Å²) in [7, 11) is 0. The first kappa shape index (κ1) is 22.0. The number of anilines is 1. The summed E-state index contributed by atoms with van der Waals surface area (Å²) in [6.45, 7) is 8.69. The van der Waals surface area contributed by atoms with Gasteiger partial charge in [0.05, 0.1) is 11.3 Å². The maximum absolute atomic E-state index is 12.8. The van der Waals surface area contributed by atoms with Crippen LogP contribution in [0.1, 0.15) is 51.6 Å². The first-order chi connectivity index (χ1) is 14.0. The SMILES string of the molecule is CC[C@@H](Sc1ccc(Cl)cc1)C(=O)N[C@H](C)c1ccc(N2CCC[C@@H](C)C2)cc1. The Morgan fingerprint density at radius 1 is 1.21 bits per heavy atom. The largest absolute Gasteiger partial charge is 0.371 e. The van der Waals surface area contributed by atoms with Crippen molar-refractivity contribution in [3.05, 3.63) is 59.1 Å². The highest BCUT2D eigenvalue weighted by Gasteiger charge is 2.21. The lowest BCUT2D eigenvalue weighted by atomic mass is 9.99. The van der Waals surface area contributed by atoms with E-state index in [0.717, 1.165) is 35.9 Å². The van der Waals surface area contributed by atoms with E-state index in [0.29, 0.717) is 5.02 Å². The normalized spacial score (nSPS) is 18.9. The predicted octanol–water partition coefficient (Wildman–Crippen LogP) is 6.32. The maximum Gasteiger partial charge on any atom is 0.233 e. The summed E-state index contributed by atoms with van der Waals surface area (Å²) in [5.41, 5.74) is 2.42. The van der Waals surface area contributed by atoms with Crippen molar-refractivity contribution in [2.24, 2.45) is 5.92 Å². The molecule has 3 nitrogen and oxygen atoms in total. The van der Waals surface area contributed by atoms with Crippen LogP contribution in [0.5, 0.6) is 0 Å². The van der Waals surface area contributed by atoms with E-state index in [4.69, 9.17) is 11.6 Å². The summed E-state index contributed by atoms with van der Waals surface area (Å²) in [5, 5.41) is 3.78. The van der Waals surface area contributed by atoms with Crippen LogP contribution in [0, 0.1) is 5.92 Å². The number of hydrogen-bond acceptors (Lipinski definition) is 3. The van der Waals surface area contributed by atoms with Crippen LogP contribution in [0.15, 0.2) is 53.4 Å². The summed E-state index contributed by atoms with van der Waals surface area (Å²) < 4.78 is 0. The quantitative estimate of drug-likeness (QED) is 0.521. The Balaban J connectivity index is 1.58. The van der Waals surface area contributed by atoms with E-state index in [1.807, 2.05) is 31.2 Å². The number of rotatable bonds is 7. The molecule has 29 heavy (non-hydrogen) atoms. The molecule has 2 aromatic carbocycles. The van der Waals surface area contributed by atoms with Gasteiger partial charge in [-0.1, -0.05) is 37.6 Å². The van der Waals surface area contributed by atoms with E-state index in [1.165, 1.54) is 18.5 Å². The number of amides is 1. The summed E-state index contributed by atoms with van der Waals surface area (Å²) in [6, 6.07) is 16.3. The van der Waals surface area contributed by atoms with Crippen LogP contribution in [0.25, 0.3) is 0 Å². The topological polar surface area (TPSA) is 32.3 Å². The summed E-state index contributed by atoms with van der Waals surface area (Å²) in [4.78, 5) is 16.3. The highest BCUT2D eigenvalue weighted by Crippen LogP contribution is 2.28. The molecule has 1 amide bonds. The molecule has 5 heteroatoms. The van der Waals surface area contributed by atoms with Crippen molar-refractivity contribution < 1.29 is 4.79 Å². The Morgan fingerprint density at radius 3 is 2.52 bits per heavy atom. The van der Waals surface area contributed by atoms with E-state index in [2.05, 4.69) is 48.3 Å². The molecular formula is C24H31ClN2OS. The fourth-order valence-corrected chi connectivity index (χ4v) is 4.88. The lowest BCUT2D eigenvalue weighted by Crippen LogP contribution is -2.35. The Kier molecular flexibility index (Phi) is 7.91. The molecular weight excluding hydrogens is 400 g/mol. The zero-order chi connectivity index (χ0) is 20.8. The molecule has 0 saturated carbocycles. The Morgan fingerprint density at radius 2 is 1.90 bits per heavy atom. The molecule has 2 aromatic rings. The summed E-state index contributed by atoms with van der Waals surface area (Å²) >= 11 is 7.54. The van der Waals surface area contributed by atoms with Gasteiger partial charge in [-0.15, -0.1) is 11.8 Å². The number of thioether (sulfide) groups is 1. The van der Waals surface area contributed by atoms with Crippen molar-refractivity contribution in [1.29, 1.82) is 0 Å². The van der Waals surface area contributed by atoms with Gasteiger partial charge in [0.1, 0.15) is 0 Å². The average Bonchev–Trinajstić information content (AvgIpc) is 2.73. The first-order valence-electron chi connectivity index (χ1n) is 10.5. The second kappa shape index (κ2) is 10.4. The van der Waals surface area contributed by atoms with Crippen LogP contribution in [0.4, 0.5) is 5.69 Å². The molecule has 0 aromatic heterocycles. The Bertz CT molecular complexity index is 794. The molecule has 1 heterocycles. The number of hydrogen-bond donors (Lipinski definition) is 1. The van der Waals surface area contributed by atoms with Crippen molar-refractivity contribution in [2.75, 3.05) is 18.0 Å². The third-order valence-electron chi connectivity index (χ3n) is 5.53. The van der Waals surface area contributed by atoms with Crippen molar-refractivity contribution >= 4 is 35.0 Å². The second-order valence-electron chi connectivity index (χ2n) is 7.98. The predicted molar refractivity (Wildman–Crippen MR) is 125 cm³/mol. The monoisotopic (exact) mass is 430 g/mol. The van der Waals surface area contributed by atoms with Gasteiger partial charge in [0.15, 0.2) is 0 Å². The van der Waals surface area contributed by atoms with Crippen LogP contribution in [0.2, 0.25) is 5.02 Å². The molecule has 1 saturated heterocycles. The minimum Gasteiger partial charge on any atom is -0.371 e. The minimum absolute atomic E-state index is 0.0169. The van der Waals surface area contributed by atoms with Crippen molar-refractivity contribution in [3.8, 4) is 0 Å². The number of carbonyl (C=O) groups is 1. The zero-order valence-corrected chi connectivity index (χ0v) is 19.1. The minimum atomic E-state index is -0.118. The lowest BCUT2D eigenvalue weighted by Gasteiger charge is -2.33. The molecule has 156 valence electrons. The van der Waals surface area contributed by atoms with E-state index in [9.17, 15) is 4.79 Å². The molecule has 3 atom stereocenters. The van der Waals surface area contributed by atoms with Crippen molar-refractivity contribution in [3.63, 3.8) is 0 Å². The fraction of sp³-hybridized carbons (Fsp3) is 0.458. The molecule has 1 aliphatic rings. The molecule has 1 aliphatic heterocycles. The third kappa shape index (κ3) is 6.16. The summed E-state index contributed by atoms with van der Waals surface area (Å²) in [6.07, 6.45) is 3.36. The molecule has 0 bridgehead atoms. The molecule has 0 radical (unpaired) electrons. The number of halogens is 1. The number of benzene rings is 2. The van der Waals surface area contributed by atoms with Crippen molar-refractivity contribution in [2.45, 2.75) is 56.2 Å². The van der Waals surface area contributed by atoms with E-state index >= 15 is 0 Å². The number of carbonyl (C=O) groups excluding carboxylic acids is 1. The van der Waals surface area contributed by atoms with Gasteiger partial charge in [0.2, 0.25) is 5.91 Å². The highest BCUT2D eigenvalue weighted by molar-refractivity contribution is 8.00. The number of piperidine rings is 1. The van der Waals surface area contributed by atoms with Gasteiger partial charge in [-0.25, -0.2) is 0 Å². The second-order valence-corrected chi connectivity index (χ2v) is 9.70. The van der Waals surface area contributed by atoms with Gasteiger partial charge < -0.3 is 10.2 Å². The molecule has 0 spiro atoms. The van der Waals surface area contributed by atoms with Crippen LogP contribution in [-0.4, -0.2) is 24.2 Å². The Hall–Kier alpha value is -1.65. The standard InChI is InChI=1S/C24H31ClN2OS/c1-4-23(29-22-13-9-20(25)10-14-22)24(28)26-18(3)19-7-11-21(12-8-19)27-15-5-6-17(2)16-27/h7-14,17-18,23H,4-6,15-16H2,1-3H3,(H,26,28)/t17-,18-,23-/m1/s1. The first-order valence-corrected chi connectivity index (χ1v) is 11.8. The summed E-state index contributed by atoms with van der Waals surface area (Å²) in [5.74, 6) is 0.833. The van der Waals surface area contributed by atoms with Crippen LogP contribution < -0.4 is 10.2 Å². The smallest absolute Gasteiger partial charge is 0.233 e. The van der Waals surface area contributed by atoms with Gasteiger partial charge >= 0.3 is 0 Å².